The van der Waals surface area contributed by atoms with Crippen molar-refractivity contribution < 1.29 is 14.3 Å². The van der Waals surface area contributed by atoms with Gasteiger partial charge in [-0.25, -0.2) is 4.79 Å². The van der Waals surface area contributed by atoms with Gasteiger partial charge in [0.1, 0.15) is 5.60 Å². The van der Waals surface area contributed by atoms with E-state index >= 15 is 0 Å². The molecular formula is C17H26N2O3. The SMILES string of the molecule is CC(C)(C)OC(=O)N1C[C@H](N)C[C@@H]1COCc1ccccc1. The number of likely N-dealkylation sites (tertiary alicyclic amines) is 1. The van der Waals surface area contributed by atoms with E-state index in [0.29, 0.717) is 19.8 Å². The van der Waals surface area contributed by atoms with Crippen molar-refractivity contribution in [3.63, 3.8) is 0 Å². The average molecular weight is 306 g/mol. The summed E-state index contributed by atoms with van der Waals surface area (Å²) >= 11 is 0. The maximum Gasteiger partial charge on any atom is 0.410 e. The Morgan fingerprint density at radius 2 is 2.00 bits per heavy atom. The molecule has 0 aliphatic carbocycles. The molecule has 1 aromatic carbocycles. The summed E-state index contributed by atoms with van der Waals surface area (Å²) < 4.78 is 11.2. The zero-order valence-corrected chi connectivity index (χ0v) is 13.6. The van der Waals surface area contributed by atoms with Crippen LogP contribution < -0.4 is 5.73 Å². The van der Waals surface area contributed by atoms with Gasteiger partial charge in [-0.15, -0.1) is 0 Å². The van der Waals surface area contributed by atoms with E-state index in [1.54, 1.807) is 4.90 Å². The lowest BCUT2D eigenvalue weighted by Gasteiger charge is -2.28. The summed E-state index contributed by atoms with van der Waals surface area (Å²) in [5.74, 6) is 0. The van der Waals surface area contributed by atoms with Gasteiger partial charge in [0.2, 0.25) is 0 Å². The average Bonchev–Trinajstić information content (AvgIpc) is 2.79. The van der Waals surface area contributed by atoms with Crippen LogP contribution in [0.15, 0.2) is 30.3 Å². The van der Waals surface area contributed by atoms with Crippen LogP contribution in [0, 0.1) is 0 Å². The smallest absolute Gasteiger partial charge is 0.410 e. The minimum atomic E-state index is -0.501. The molecule has 22 heavy (non-hydrogen) atoms. The number of rotatable bonds is 4. The molecule has 0 aromatic heterocycles. The predicted molar refractivity (Wildman–Crippen MR) is 85.4 cm³/mol. The minimum Gasteiger partial charge on any atom is -0.444 e. The van der Waals surface area contributed by atoms with Crippen molar-refractivity contribution in [3.8, 4) is 0 Å². The summed E-state index contributed by atoms with van der Waals surface area (Å²) in [5, 5.41) is 0. The van der Waals surface area contributed by atoms with E-state index in [1.165, 1.54) is 0 Å². The van der Waals surface area contributed by atoms with Gasteiger partial charge in [-0.3, -0.25) is 0 Å². The molecule has 2 rings (SSSR count). The third kappa shape index (κ3) is 5.00. The van der Waals surface area contributed by atoms with Crippen molar-refractivity contribution in [2.45, 2.75) is 51.5 Å². The second kappa shape index (κ2) is 7.11. The largest absolute Gasteiger partial charge is 0.444 e. The first kappa shape index (κ1) is 16.8. The molecule has 122 valence electrons. The fraction of sp³-hybridized carbons (Fsp3) is 0.588. The Kier molecular flexibility index (Phi) is 5.42. The van der Waals surface area contributed by atoms with Gasteiger partial charge in [0.25, 0.3) is 0 Å². The molecule has 0 radical (unpaired) electrons. The Morgan fingerprint density at radius 3 is 2.64 bits per heavy atom. The standard InChI is InChI=1S/C17H26N2O3/c1-17(2,3)22-16(20)19-10-14(18)9-15(19)12-21-11-13-7-5-4-6-8-13/h4-8,14-15H,9-12,18H2,1-3H3/t14-,15-/m1/s1. The monoisotopic (exact) mass is 306 g/mol. The van der Waals surface area contributed by atoms with E-state index in [0.717, 1.165) is 12.0 Å². The fourth-order valence-corrected chi connectivity index (χ4v) is 2.54. The van der Waals surface area contributed by atoms with E-state index in [9.17, 15) is 4.79 Å². The third-order valence-electron chi connectivity index (χ3n) is 3.50. The highest BCUT2D eigenvalue weighted by Gasteiger charge is 2.36. The number of nitrogens with zero attached hydrogens (tertiary/aromatic N) is 1. The number of ether oxygens (including phenoxy) is 2. The fourth-order valence-electron chi connectivity index (χ4n) is 2.54. The van der Waals surface area contributed by atoms with Crippen LogP contribution in [0.1, 0.15) is 32.8 Å². The van der Waals surface area contributed by atoms with Crippen molar-refractivity contribution >= 4 is 6.09 Å². The lowest BCUT2D eigenvalue weighted by atomic mass is 10.2. The molecular weight excluding hydrogens is 280 g/mol. The number of hydrogen-bond acceptors (Lipinski definition) is 4. The molecule has 0 unspecified atom stereocenters. The van der Waals surface area contributed by atoms with Crippen molar-refractivity contribution in [2.24, 2.45) is 5.73 Å². The molecule has 1 amide bonds. The van der Waals surface area contributed by atoms with Crippen molar-refractivity contribution in [2.75, 3.05) is 13.2 Å². The van der Waals surface area contributed by atoms with Crippen LogP contribution in [-0.2, 0) is 16.1 Å². The Bertz CT molecular complexity index is 484. The van der Waals surface area contributed by atoms with E-state index in [4.69, 9.17) is 15.2 Å². The molecule has 1 fully saturated rings. The highest BCUT2D eigenvalue weighted by molar-refractivity contribution is 5.69. The first-order valence-corrected chi connectivity index (χ1v) is 7.72. The van der Waals surface area contributed by atoms with Gasteiger partial charge in [-0.1, -0.05) is 30.3 Å². The second-order valence-electron chi connectivity index (χ2n) is 6.78. The van der Waals surface area contributed by atoms with Crippen LogP contribution in [0.25, 0.3) is 0 Å². The van der Waals surface area contributed by atoms with Crippen LogP contribution in [0.3, 0.4) is 0 Å². The van der Waals surface area contributed by atoms with Gasteiger partial charge in [-0.05, 0) is 32.8 Å². The molecule has 5 heteroatoms. The summed E-state index contributed by atoms with van der Waals surface area (Å²) in [6.45, 7) is 7.12. The van der Waals surface area contributed by atoms with Crippen LogP contribution in [0.4, 0.5) is 4.79 Å². The Balaban J connectivity index is 1.86. The molecule has 1 heterocycles. The van der Waals surface area contributed by atoms with Gasteiger partial charge in [0.15, 0.2) is 0 Å². The molecule has 0 spiro atoms. The quantitative estimate of drug-likeness (QED) is 0.928. The van der Waals surface area contributed by atoms with Gasteiger partial charge in [0.05, 0.1) is 19.3 Å². The maximum atomic E-state index is 12.2. The normalized spacial score (nSPS) is 21.9. The van der Waals surface area contributed by atoms with Gasteiger partial charge in [-0.2, -0.15) is 0 Å². The molecule has 5 nitrogen and oxygen atoms in total. The molecule has 1 aromatic rings. The van der Waals surface area contributed by atoms with Crippen LogP contribution in [0.2, 0.25) is 0 Å². The molecule has 1 aliphatic rings. The van der Waals surface area contributed by atoms with Gasteiger partial charge < -0.3 is 20.1 Å². The number of amides is 1. The number of carbonyl (C=O) groups excluding carboxylic acids is 1. The first-order chi connectivity index (χ1) is 10.3. The summed E-state index contributed by atoms with van der Waals surface area (Å²) in [5.41, 5.74) is 6.61. The van der Waals surface area contributed by atoms with Crippen LogP contribution >= 0.6 is 0 Å². The zero-order chi connectivity index (χ0) is 16.2. The number of carbonyl (C=O) groups is 1. The molecule has 0 saturated carbocycles. The predicted octanol–water partition coefficient (Wildman–Crippen LogP) is 2.54. The van der Waals surface area contributed by atoms with E-state index < -0.39 is 5.60 Å². The topological polar surface area (TPSA) is 64.8 Å². The number of nitrogens with two attached hydrogens (primary N) is 1. The van der Waals surface area contributed by atoms with Gasteiger partial charge in [0, 0.05) is 12.6 Å². The molecule has 1 saturated heterocycles. The van der Waals surface area contributed by atoms with E-state index in [-0.39, 0.29) is 18.2 Å². The molecule has 1 aliphatic heterocycles. The molecule has 2 N–H and O–H groups in total. The van der Waals surface area contributed by atoms with Crippen molar-refractivity contribution in [1.82, 2.24) is 4.90 Å². The lowest BCUT2D eigenvalue weighted by Crippen LogP contribution is -2.42. The van der Waals surface area contributed by atoms with E-state index in [1.807, 2.05) is 51.1 Å². The van der Waals surface area contributed by atoms with Crippen molar-refractivity contribution in [3.05, 3.63) is 35.9 Å². The first-order valence-electron chi connectivity index (χ1n) is 7.72. The van der Waals surface area contributed by atoms with Crippen LogP contribution in [0.5, 0.6) is 0 Å². The Morgan fingerprint density at radius 1 is 1.32 bits per heavy atom. The minimum absolute atomic E-state index is 0.0159. The lowest BCUT2D eigenvalue weighted by molar-refractivity contribution is 0.00876. The number of hydrogen-bond donors (Lipinski definition) is 1. The highest BCUT2D eigenvalue weighted by atomic mass is 16.6. The number of benzene rings is 1. The Hall–Kier alpha value is -1.59. The summed E-state index contributed by atoms with van der Waals surface area (Å²) in [4.78, 5) is 13.9. The summed E-state index contributed by atoms with van der Waals surface area (Å²) in [6, 6.07) is 9.95. The van der Waals surface area contributed by atoms with Gasteiger partial charge >= 0.3 is 6.09 Å². The highest BCUT2D eigenvalue weighted by Crippen LogP contribution is 2.21. The molecule has 0 bridgehead atoms. The van der Waals surface area contributed by atoms with E-state index in [2.05, 4.69) is 0 Å². The van der Waals surface area contributed by atoms with Crippen LogP contribution in [-0.4, -0.2) is 41.8 Å². The van der Waals surface area contributed by atoms with Crippen molar-refractivity contribution in [1.29, 1.82) is 0 Å². The Labute approximate surface area is 132 Å². The second-order valence-corrected chi connectivity index (χ2v) is 6.78. The zero-order valence-electron chi connectivity index (χ0n) is 13.6. The summed E-state index contributed by atoms with van der Waals surface area (Å²) in [7, 11) is 0. The maximum absolute atomic E-state index is 12.2. The molecule has 2 atom stereocenters. The third-order valence-corrected chi connectivity index (χ3v) is 3.50. The summed E-state index contributed by atoms with van der Waals surface area (Å²) in [6.07, 6.45) is 0.433.